The summed E-state index contributed by atoms with van der Waals surface area (Å²) in [4.78, 5) is 26.6. The van der Waals surface area contributed by atoms with E-state index in [1.54, 1.807) is 25.1 Å². The Balaban J connectivity index is 1.90. The molecule has 1 aromatic carbocycles. The molecule has 2 aromatic rings. The molecule has 0 fully saturated rings. The van der Waals surface area contributed by atoms with Crippen LogP contribution in [-0.4, -0.2) is 32.2 Å². The Kier molecular flexibility index (Phi) is 7.90. The average Bonchev–Trinajstić information content (AvgIpc) is 3.16. The second-order valence-corrected chi connectivity index (χ2v) is 8.21. The maximum Gasteiger partial charge on any atom is 0.341 e. The molecule has 1 N–H and O–H groups in total. The molecule has 168 valence electrons. The lowest BCUT2D eigenvalue weighted by atomic mass is 9.95. The molecule has 0 spiro atoms. The monoisotopic (exact) mass is 454 g/mol. The number of benzene rings is 1. The zero-order valence-corrected chi connectivity index (χ0v) is 19.3. The average molecular weight is 455 g/mol. The predicted octanol–water partition coefficient (Wildman–Crippen LogP) is 4.76. The number of nitrogens with one attached hydrogen (secondary N) is 1. The number of carbonyl (C=O) groups excluding carboxylic acids is 2. The van der Waals surface area contributed by atoms with Crippen LogP contribution in [-0.2, 0) is 22.4 Å². The van der Waals surface area contributed by atoms with Gasteiger partial charge in [0.1, 0.15) is 16.6 Å². The van der Waals surface area contributed by atoms with E-state index in [1.807, 2.05) is 13.0 Å². The maximum atomic E-state index is 12.9. The van der Waals surface area contributed by atoms with Crippen LogP contribution in [0.1, 0.15) is 53.1 Å². The number of ether oxygens (including phenoxy) is 3. The van der Waals surface area contributed by atoms with E-state index in [9.17, 15) is 14.9 Å². The van der Waals surface area contributed by atoms with Crippen molar-refractivity contribution in [3.63, 3.8) is 0 Å². The number of hydrogen-bond donors (Lipinski definition) is 1. The van der Waals surface area contributed by atoms with Gasteiger partial charge in [-0.1, -0.05) is 6.07 Å². The van der Waals surface area contributed by atoms with Gasteiger partial charge in [0.25, 0.3) is 5.91 Å². The SMILES string of the molecule is CCOC(=O)c1c(NC(=O)C(C#N)=Cc2ccc(OCC)c(OC)c2)sc2c1CCCC2. The summed E-state index contributed by atoms with van der Waals surface area (Å²) in [5, 5.41) is 12.8. The minimum Gasteiger partial charge on any atom is -0.493 e. The van der Waals surface area contributed by atoms with Crippen LogP contribution in [0.4, 0.5) is 5.00 Å². The Labute approximate surface area is 191 Å². The number of esters is 1. The fourth-order valence-corrected chi connectivity index (χ4v) is 4.88. The van der Waals surface area contributed by atoms with Gasteiger partial charge >= 0.3 is 5.97 Å². The van der Waals surface area contributed by atoms with E-state index in [-0.39, 0.29) is 12.2 Å². The van der Waals surface area contributed by atoms with Gasteiger partial charge in [-0.2, -0.15) is 5.26 Å². The van der Waals surface area contributed by atoms with Gasteiger partial charge in [0.2, 0.25) is 0 Å². The molecular formula is C24H26N2O5S. The highest BCUT2D eigenvalue weighted by molar-refractivity contribution is 7.17. The van der Waals surface area contributed by atoms with Crippen molar-refractivity contribution in [1.29, 1.82) is 5.26 Å². The van der Waals surface area contributed by atoms with Gasteiger partial charge in [-0.05, 0) is 68.9 Å². The molecule has 0 saturated carbocycles. The second kappa shape index (κ2) is 10.8. The molecule has 0 radical (unpaired) electrons. The molecule has 1 amide bonds. The van der Waals surface area contributed by atoms with Crippen molar-refractivity contribution in [2.75, 3.05) is 25.6 Å². The first kappa shape index (κ1) is 23.4. The standard InChI is InChI=1S/C24H26N2O5S/c1-4-30-18-11-10-15(13-19(18)29-3)12-16(14-25)22(27)26-23-21(24(28)31-5-2)17-8-6-7-9-20(17)32-23/h10-13H,4-9H2,1-3H3,(H,26,27). The smallest absolute Gasteiger partial charge is 0.341 e. The van der Waals surface area contributed by atoms with Gasteiger partial charge < -0.3 is 19.5 Å². The highest BCUT2D eigenvalue weighted by atomic mass is 32.1. The summed E-state index contributed by atoms with van der Waals surface area (Å²) in [7, 11) is 1.53. The Morgan fingerprint density at radius 3 is 2.66 bits per heavy atom. The van der Waals surface area contributed by atoms with Crippen LogP contribution in [0.25, 0.3) is 6.08 Å². The fourth-order valence-electron chi connectivity index (χ4n) is 3.61. The van der Waals surface area contributed by atoms with Gasteiger partial charge in [0, 0.05) is 4.88 Å². The van der Waals surface area contributed by atoms with Crippen LogP contribution in [0.3, 0.4) is 0 Å². The number of anilines is 1. The molecule has 0 bridgehead atoms. The summed E-state index contributed by atoms with van der Waals surface area (Å²) in [6.45, 7) is 4.36. The van der Waals surface area contributed by atoms with Crippen LogP contribution >= 0.6 is 11.3 Å². The van der Waals surface area contributed by atoms with Crippen molar-refractivity contribution in [3.05, 3.63) is 45.3 Å². The van der Waals surface area contributed by atoms with E-state index in [4.69, 9.17) is 14.2 Å². The van der Waals surface area contributed by atoms with E-state index in [2.05, 4.69) is 5.32 Å². The van der Waals surface area contributed by atoms with Crippen molar-refractivity contribution in [2.24, 2.45) is 0 Å². The molecule has 0 atom stereocenters. The number of aryl methyl sites for hydroxylation is 1. The van der Waals surface area contributed by atoms with E-state index in [0.29, 0.717) is 34.2 Å². The molecule has 8 heteroatoms. The number of carbonyl (C=O) groups is 2. The minimum atomic E-state index is -0.579. The lowest BCUT2D eigenvalue weighted by Crippen LogP contribution is -2.16. The molecule has 1 aliphatic rings. The third-order valence-corrected chi connectivity index (χ3v) is 6.25. The molecule has 7 nitrogen and oxygen atoms in total. The van der Waals surface area contributed by atoms with Crippen molar-refractivity contribution in [3.8, 4) is 17.6 Å². The Bertz CT molecular complexity index is 1080. The van der Waals surface area contributed by atoms with E-state index in [1.165, 1.54) is 24.5 Å². The number of nitrogens with zero attached hydrogens (tertiary/aromatic N) is 1. The number of amides is 1. The second-order valence-electron chi connectivity index (χ2n) is 7.10. The highest BCUT2D eigenvalue weighted by Gasteiger charge is 2.27. The maximum absolute atomic E-state index is 12.9. The van der Waals surface area contributed by atoms with Crippen molar-refractivity contribution in [2.45, 2.75) is 39.5 Å². The molecule has 0 saturated heterocycles. The summed E-state index contributed by atoms with van der Waals surface area (Å²) in [5.74, 6) is 0.0672. The van der Waals surface area contributed by atoms with Crippen molar-refractivity contribution >= 4 is 34.3 Å². The summed E-state index contributed by atoms with van der Waals surface area (Å²) in [6, 6.07) is 7.12. The largest absolute Gasteiger partial charge is 0.493 e. The summed E-state index contributed by atoms with van der Waals surface area (Å²) in [5.41, 5.74) is 1.90. The number of methoxy groups -OCH3 is 1. The van der Waals surface area contributed by atoms with Gasteiger partial charge in [0.15, 0.2) is 11.5 Å². The van der Waals surface area contributed by atoms with Gasteiger partial charge in [-0.15, -0.1) is 11.3 Å². The van der Waals surface area contributed by atoms with Crippen LogP contribution < -0.4 is 14.8 Å². The fraction of sp³-hybridized carbons (Fsp3) is 0.375. The lowest BCUT2D eigenvalue weighted by Gasteiger charge is -2.12. The predicted molar refractivity (Wildman–Crippen MR) is 123 cm³/mol. The summed E-state index contributed by atoms with van der Waals surface area (Å²) >= 11 is 1.39. The highest BCUT2D eigenvalue weighted by Crippen LogP contribution is 2.39. The van der Waals surface area contributed by atoms with Gasteiger partial charge in [-0.3, -0.25) is 4.79 Å². The molecule has 0 aliphatic heterocycles. The lowest BCUT2D eigenvalue weighted by molar-refractivity contribution is -0.112. The molecule has 3 rings (SSSR count). The Morgan fingerprint density at radius 1 is 1.19 bits per heavy atom. The summed E-state index contributed by atoms with van der Waals surface area (Å²) in [6.07, 6.45) is 5.17. The third kappa shape index (κ3) is 5.11. The van der Waals surface area contributed by atoms with E-state index >= 15 is 0 Å². The summed E-state index contributed by atoms with van der Waals surface area (Å²) < 4.78 is 16.1. The zero-order chi connectivity index (χ0) is 23.1. The molecule has 1 aliphatic carbocycles. The van der Waals surface area contributed by atoms with Crippen molar-refractivity contribution in [1.82, 2.24) is 0 Å². The van der Waals surface area contributed by atoms with Crippen LogP contribution in [0, 0.1) is 11.3 Å². The van der Waals surface area contributed by atoms with Gasteiger partial charge in [-0.25, -0.2) is 4.79 Å². The Morgan fingerprint density at radius 2 is 1.97 bits per heavy atom. The Hall–Kier alpha value is -3.31. The van der Waals surface area contributed by atoms with E-state index in [0.717, 1.165) is 36.1 Å². The topological polar surface area (TPSA) is 97.7 Å². The first-order valence-electron chi connectivity index (χ1n) is 10.6. The van der Waals surface area contributed by atoms with Crippen LogP contribution in [0.2, 0.25) is 0 Å². The first-order valence-corrected chi connectivity index (χ1v) is 11.4. The number of thiophene rings is 1. The minimum absolute atomic E-state index is 0.0857. The molecular weight excluding hydrogens is 428 g/mol. The number of nitriles is 1. The van der Waals surface area contributed by atoms with Crippen LogP contribution in [0.15, 0.2) is 23.8 Å². The molecule has 32 heavy (non-hydrogen) atoms. The zero-order valence-electron chi connectivity index (χ0n) is 18.4. The van der Waals surface area contributed by atoms with E-state index < -0.39 is 11.9 Å². The number of rotatable bonds is 8. The molecule has 0 unspecified atom stereocenters. The molecule has 1 heterocycles. The molecule has 1 aromatic heterocycles. The van der Waals surface area contributed by atoms with Crippen molar-refractivity contribution < 1.29 is 23.8 Å². The normalized spacial score (nSPS) is 13.0. The third-order valence-electron chi connectivity index (χ3n) is 5.04. The number of fused-ring (bicyclic) bond motifs is 1. The first-order chi connectivity index (χ1) is 15.5. The number of hydrogen-bond acceptors (Lipinski definition) is 7. The quantitative estimate of drug-likeness (QED) is 0.351. The van der Waals surface area contributed by atoms with Gasteiger partial charge in [0.05, 0.1) is 25.9 Å². The van der Waals surface area contributed by atoms with Crippen LogP contribution in [0.5, 0.6) is 11.5 Å².